The minimum absolute atomic E-state index is 0.0358. The highest BCUT2D eigenvalue weighted by Crippen LogP contribution is 2.42. The van der Waals surface area contributed by atoms with Gasteiger partial charge < -0.3 is 5.11 Å². The first-order valence-corrected chi connectivity index (χ1v) is 15.2. The summed E-state index contributed by atoms with van der Waals surface area (Å²) in [4.78, 5) is 9.93. The summed E-state index contributed by atoms with van der Waals surface area (Å²) in [6.07, 6.45) is 1.92. The maximum atomic E-state index is 10.9. The Bertz CT molecular complexity index is 1910. The number of phenolic OH excluding ortho intramolecular Hbond substituents is 1. The third-order valence-corrected chi connectivity index (χ3v) is 8.84. The number of aromatic hydroxyl groups is 1. The number of fused-ring (bicyclic) bond motifs is 1. The van der Waals surface area contributed by atoms with Crippen LogP contribution in [-0.4, -0.2) is 15.1 Å². The Morgan fingerprint density at radius 2 is 1.33 bits per heavy atom. The molecule has 0 aliphatic carbocycles. The molecule has 0 bridgehead atoms. The zero-order valence-electron chi connectivity index (χ0n) is 25.1. The second kappa shape index (κ2) is 10.5. The maximum Gasteiger partial charge on any atom is 0.128 e. The fraction of sp³-hybridized carbons (Fsp3) is 0.211. The molecule has 0 saturated carbocycles. The molecule has 210 valence electrons. The molecule has 0 aliphatic rings. The fourth-order valence-electron chi connectivity index (χ4n) is 5.23. The van der Waals surface area contributed by atoms with Crippen molar-refractivity contribution in [3.63, 3.8) is 0 Å². The first-order valence-electron chi connectivity index (χ1n) is 14.4. The van der Waals surface area contributed by atoms with Gasteiger partial charge in [0.2, 0.25) is 0 Å². The zero-order chi connectivity index (χ0) is 29.6. The van der Waals surface area contributed by atoms with Gasteiger partial charge >= 0.3 is 0 Å². The van der Waals surface area contributed by atoms with Crippen LogP contribution in [0.4, 0.5) is 0 Å². The van der Waals surface area contributed by atoms with E-state index in [0.717, 1.165) is 54.3 Å². The summed E-state index contributed by atoms with van der Waals surface area (Å²) in [6, 6.07) is 33.5. The number of thiazole rings is 1. The molecule has 0 fully saturated rings. The third kappa shape index (κ3) is 5.47. The van der Waals surface area contributed by atoms with Gasteiger partial charge in [0.05, 0.1) is 21.5 Å². The molecule has 0 radical (unpaired) electrons. The predicted molar refractivity (Wildman–Crippen MR) is 178 cm³/mol. The Hall–Kier alpha value is -4.28. The van der Waals surface area contributed by atoms with Gasteiger partial charge in [0, 0.05) is 17.3 Å². The van der Waals surface area contributed by atoms with Crippen LogP contribution >= 0.6 is 11.3 Å². The van der Waals surface area contributed by atoms with Crippen LogP contribution in [0.2, 0.25) is 0 Å². The van der Waals surface area contributed by atoms with Crippen molar-refractivity contribution in [1.82, 2.24) is 9.97 Å². The topological polar surface area (TPSA) is 46.0 Å². The number of phenols is 1. The van der Waals surface area contributed by atoms with E-state index in [1.165, 1.54) is 11.1 Å². The van der Waals surface area contributed by atoms with Gasteiger partial charge in [-0.25, -0.2) is 4.98 Å². The summed E-state index contributed by atoms with van der Waals surface area (Å²) in [5.41, 5.74) is 10.6. The lowest BCUT2D eigenvalue weighted by molar-refractivity contribution is 0.477. The molecule has 2 aromatic heterocycles. The molecular weight excluding hydrogens is 532 g/mol. The molecule has 3 nitrogen and oxygen atoms in total. The normalized spacial score (nSPS) is 12.1. The van der Waals surface area contributed by atoms with Gasteiger partial charge in [0.15, 0.2) is 0 Å². The van der Waals surface area contributed by atoms with Gasteiger partial charge in [0.25, 0.3) is 0 Å². The molecular formula is C38H36N2OS. The average molecular weight is 569 g/mol. The monoisotopic (exact) mass is 568 g/mol. The fourth-order valence-corrected chi connectivity index (χ4v) is 6.25. The first-order chi connectivity index (χ1) is 20.0. The minimum Gasteiger partial charge on any atom is -0.507 e. The third-order valence-electron chi connectivity index (χ3n) is 7.78. The standard InChI is InChI=1S/C38H36N2OS/c1-37(2,3)28-17-18-39-32(23-28)27-19-26(20-29(21-27)38(4,5)6)30-13-10-14-34-35(30)40-36(42-34)31-22-25(15-16-33(31)41)24-11-8-7-9-12-24/h7-23,41H,1-6H3. The molecule has 4 aromatic carbocycles. The number of benzene rings is 4. The predicted octanol–water partition coefficient (Wildman–Crippen LogP) is 10.7. The molecule has 0 amide bonds. The Morgan fingerprint density at radius 1 is 0.595 bits per heavy atom. The van der Waals surface area contributed by atoms with Gasteiger partial charge in [-0.2, -0.15) is 0 Å². The second-order valence-electron chi connectivity index (χ2n) is 13.0. The van der Waals surface area contributed by atoms with E-state index in [4.69, 9.17) is 9.97 Å². The van der Waals surface area contributed by atoms with Crippen LogP contribution in [0.1, 0.15) is 52.7 Å². The van der Waals surface area contributed by atoms with Crippen molar-refractivity contribution in [1.29, 1.82) is 0 Å². The van der Waals surface area contributed by atoms with Crippen LogP contribution < -0.4 is 0 Å². The van der Waals surface area contributed by atoms with Crippen molar-refractivity contribution in [3.8, 4) is 49.8 Å². The first kappa shape index (κ1) is 27.9. The lowest BCUT2D eigenvalue weighted by atomic mass is 9.83. The number of nitrogens with zero attached hydrogens (tertiary/aromatic N) is 2. The Labute approximate surface area is 252 Å². The highest BCUT2D eigenvalue weighted by atomic mass is 32.1. The highest BCUT2D eigenvalue weighted by molar-refractivity contribution is 7.21. The second-order valence-corrected chi connectivity index (χ2v) is 14.0. The van der Waals surface area contributed by atoms with E-state index in [1.54, 1.807) is 17.4 Å². The molecule has 0 atom stereocenters. The molecule has 42 heavy (non-hydrogen) atoms. The Balaban J connectivity index is 1.50. The SMILES string of the molecule is CC(C)(C)c1cc(-c2cc(C(C)(C)C)ccn2)cc(-c2cccc3sc(-c4cc(-c5ccccc5)ccc4O)nc23)c1. The van der Waals surface area contributed by atoms with Gasteiger partial charge in [-0.15, -0.1) is 11.3 Å². The van der Waals surface area contributed by atoms with Crippen LogP contribution in [0.25, 0.3) is 54.3 Å². The van der Waals surface area contributed by atoms with Gasteiger partial charge in [0.1, 0.15) is 10.8 Å². The van der Waals surface area contributed by atoms with Crippen LogP contribution in [0.5, 0.6) is 5.75 Å². The number of para-hydroxylation sites is 1. The molecule has 6 aromatic rings. The van der Waals surface area contributed by atoms with Crippen LogP contribution in [0.15, 0.2) is 103 Å². The average Bonchev–Trinajstić information content (AvgIpc) is 3.41. The van der Waals surface area contributed by atoms with Crippen molar-refractivity contribution in [2.24, 2.45) is 0 Å². The molecule has 4 heteroatoms. The zero-order valence-corrected chi connectivity index (χ0v) is 25.9. The molecule has 2 heterocycles. The highest BCUT2D eigenvalue weighted by Gasteiger charge is 2.21. The van der Waals surface area contributed by atoms with Crippen LogP contribution in [-0.2, 0) is 10.8 Å². The van der Waals surface area contributed by atoms with E-state index in [-0.39, 0.29) is 16.6 Å². The Morgan fingerprint density at radius 3 is 2.07 bits per heavy atom. The lowest BCUT2D eigenvalue weighted by Gasteiger charge is -2.22. The van der Waals surface area contributed by atoms with Gasteiger partial charge in [-0.3, -0.25) is 4.98 Å². The molecule has 0 unspecified atom stereocenters. The van der Waals surface area contributed by atoms with Crippen LogP contribution in [0, 0.1) is 0 Å². The summed E-state index contributed by atoms with van der Waals surface area (Å²) in [5.74, 6) is 0.233. The number of hydrogen-bond acceptors (Lipinski definition) is 4. The largest absolute Gasteiger partial charge is 0.507 e. The minimum atomic E-state index is -0.0444. The number of rotatable bonds is 4. The number of hydrogen-bond donors (Lipinski definition) is 1. The molecule has 0 aliphatic heterocycles. The molecule has 0 saturated heterocycles. The van der Waals surface area contributed by atoms with Crippen molar-refractivity contribution in [2.45, 2.75) is 52.4 Å². The number of aromatic nitrogens is 2. The smallest absolute Gasteiger partial charge is 0.128 e. The van der Waals surface area contributed by atoms with Crippen molar-refractivity contribution >= 4 is 21.6 Å². The van der Waals surface area contributed by atoms with Crippen molar-refractivity contribution in [3.05, 3.63) is 114 Å². The molecule has 1 N–H and O–H groups in total. The quantitative estimate of drug-likeness (QED) is 0.230. The van der Waals surface area contributed by atoms with E-state index in [2.05, 4.69) is 102 Å². The van der Waals surface area contributed by atoms with E-state index in [9.17, 15) is 5.11 Å². The molecule has 6 rings (SSSR count). The summed E-state index contributed by atoms with van der Waals surface area (Å²) in [7, 11) is 0. The van der Waals surface area contributed by atoms with E-state index in [0.29, 0.717) is 0 Å². The lowest BCUT2D eigenvalue weighted by Crippen LogP contribution is -2.12. The van der Waals surface area contributed by atoms with E-state index >= 15 is 0 Å². The maximum absolute atomic E-state index is 10.9. The van der Waals surface area contributed by atoms with E-state index in [1.807, 2.05) is 36.5 Å². The van der Waals surface area contributed by atoms with Gasteiger partial charge in [-0.1, -0.05) is 96.1 Å². The van der Waals surface area contributed by atoms with Crippen molar-refractivity contribution in [2.75, 3.05) is 0 Å². The summed E-state index contributed by atoms with van der Waals surface area (Å²) < 4.78 is 1.09. The van der Waals surface area contributed by atoms with E-state index < -0.39 is 0 Å². The summed E-state index contributed by atoms with van der Waals surface area (Å²) >= 11 is 1.61. The number of pyridine rings is 1. The summed E-state index contributed by atoms with van der Waals surface area (Å²) in [5, 5.41) is 11.7. The molecule has 0 spiro atoms. The van der Waals surface area contributed by atoms with Crippen LogP contribution in [0.3, 0.4) is 0 Å². The van der Waals surface area contributed by atoms with Crippen molar-refractivity contribution < 1.29 is 5.11 Å². The van der Waals surface area contributed by atoms with Gasteiger partial charge in [-0.05, 0) is 81.1 Å². The summed E-state index contributed by atoms with van der Waals surface area (Å²) in [6.45, 7) is 13.4. The Kier molecular flexibility index (Phi) is 6.98.